The topological polar surface area (TPSA) is 17.8 Å². The smallest absolute Gasteiger partial charge is 0.138 e. The van der Waals surface area contributed by atoms with Gasteiger partial charge in [-0.3, -0.25) is 0 Å². The van der Waals surface area contributed by atoms with Gasteiger partial charge >= 0.3 is 0 Å². The van der Waals surface area contributed by atoms with Crippen LogP contribution in [0.2, 0.25) is 0 Å². The van der Waals surface area contributed by atoms with Gasteiger partial charge in [0.05, 0.1) is 20.0 Å². The van der Waals surface area contributed by atoms with Crippen molar-refractivity contribution in [2.24, 2.45) is 5.92 Å². The van der Waals surface area contributed by atoms with E-state index in [1.165, 1.54) is 12.8 Å². The van der Waals surface area contributed by atoms with Crippen molar-refractivity contribution in [1.29, 1.82) is 0 Å². The molecule has 1 saturated carbocycles. The number of fused-ring (bicyclic) bond motifs is 1. The minimum atomic E-state index is -0.186. The van der Waals surface area contributed by atoms with Crippen molar-refractivity contribution in [3.63, 3.8) is 0 Å². The fourth-order valence-electron chi connectivity index (χ4n) is 2.40. The summed E-state index contributed by atoms with van der Waals surface area (Å²) in [7, 11) is 0. The van der Waals surface area contributed by atoms with Crippen molar-refractivity contribution in [3.8, 4) is 0 Å². The van der Waals surface area contributed by atoms with Gasteiger partial charge < -0.3 is 4.57 Å². The van der Waals surface area contributed by atoms with E-state index in [4.69, 9.17) is 11.6 Å². The summed E-state index contributed by atoms with van der Waals surface area (Å²) in [5.74, 6) is 1.50. The van der Waals surface area contributed by atoms with Crippen molar-refractivity contribution >= 4 is 45.2 Å². The second-order valence-electron chi connectivity index (χ2n) is 5.22. The van der Waals surface area contributed by atoms with E-state index in [-0.39, 0.29) is 11.2 Å². The highest BCUT2D eigenvalue weighted by molar-refractivity contribution is 14.1. The van der Waals surface area contributed by atoms with Crippen LogP contribution in [0.25, 0.3) is 11.0 Å². The molecular weight excluding hydrogens is 378 g/mol. The van der Waals surface area contributed by atoms with Crippen LogP contribution < -0.4 is 0 Å². The second-order valence-corrected chi connectivity index (χ2v) is 7.04. The first-order valence-electron chi connectivity index (χ1n) is 6.55. The van der Waals surface area contributed by atoms with Crippen LogP contribution >= 0.6 is 34.2 Å². The summed E-state index contributed by atoms with van der Waals surface area (Å²) >= 11 is 8.21. The number of alkyl halides is 1. The fraction of sp³-hybridized carbons (Fsp3) is 0.500. The summed E-state index contributed by atoms with van der Waals surface area (Å²) in [6, 6.07) is 3.38. The van der Waals surface area contributed by atoms with E-state index in [0.29, 0.717) is 3.57 Å². The summed E-state index contributed by atoms with van der Waals surface area (Å²) in [6.07, 6.45) is 3.78. The second kappa shape index (κ2) is 5.20. The predicted molar refractivity (Wildman–Crippen MR) is 84.0 cm³/mol. The van der Waals surface area contributed by atoms with Gasteiger partial charge in [0.25, 0.3) is 0 Å². The molecule has 1 aromatic heterocycles. The van der Waals surface area contributed by atoms with Crippen molar-refractivity contribution in [3.05, 3.63) is 27.3 Å². The van der Waals surface area contributed by atoms with Gasteiger partial charge in [-0.05, 0) is 47.9 Å². The average molecular weight is 393 g/mol. The number of aryl methyl sites for hydroxylation is 1. The highest BCUT2D eigenvalue weighted by Gasteiger charge is 2.23. The molecule has 1 fully saturated rings. The third kappa shape index (κ3) is 2.75. The number of imidazole rings is 1. The summed E-state index contributed by atoms with van der Waals surface area (Å²) in [5.41, 5.74) is 1.70. The van der Waals surface area contributed by atoms with Crippen LogP contribution in [0.1, 0.15) is 37.4 Å². The van der Waals surface area contributed by atoms with Crippen LogP contribution in [0.4, 0.5) is 4.39 Å². The van der Waals surface area contributed by atoms with Crippen LogP contribution in [0.15, 0.2) is 12.1 Å². The van der Waals surface area contributed by atoms with E-state index in [2.05, 4.69) is 9.55 Å². The third-order valence-electron chi connectivity index (χ3n) is 3.63. The van der Waals surface area contributed by atoms with Crippen LogP contribution in [-0.2, 0) is 6.54 Å². The quantitative estimate of drug-likeness (QED) is 0.536. The van der Waals surface area contributed by atoms with Crippen molar-refractivity contribution in [2.75, 3.05) is 0 Å². The van der Waals surface area contributed by atoms with Gasteiger partial charge in [0, 0.05) is 12.6 Å². The molecule has 3 rings (SSSR count). The molecule has 0 aliphatic heterocycles. The maximum atomic E-state index is 13.8. The summed E-state index contributed by atoms with van der Waals surface area (Å²) < 4.78 is 16.5. The lowest BCUT2D eigenvalue weighted by Gasteiger charge is -2.10. The van der Waals surface area contributed by atoms with Gasteiger partial charge in [-0.1, -0.05) is 12.8 Å². The highest BCUT2D eigenvalue weighted by Crippen LogP contribution is 2.34. The Balaban J connectivity index is 2.07. The maximum Gasteiger partial charge on any atom is 0.138 e. The minimum absolute atomic E-state index is 0.160. The van der Waals surface area contributed by atoms with Crippen molar-refractivity contribution < 1.29 is 4.39 Å². The van der Waals surface area contributed by atoms with E-state index < -0.39 is 0 Å². The molecule has 102 valence electrons. The number of nitrogens with zero attached hydrogens (tertiary/aromatic N) is 2. The molecule has 0 N–H and O–H groups in total. The number of hydrogen-bond acceptors (Lipinski definition) is 1. The standard InChI is InChI=1S/C14H15ClFIN2/c1-8(15)14-18-12-7-11(17)10(16)6-13(12)19(14)5-4-9-2-3-9/h6-9H,2-5H2,1H3. The molecule has 0 bridgehead atoms. The number of aromatic nitrogens is 2. The van der Waals surface area contributed by atoms with E-state index in [0.717, 1.165) is 35.7 Å². The van der Waals surface area contributed by atoms with Crippen molar-refractivity contribution in [2.45, 2.75) is 38.1 Å². The van der Waals surface area contributed by atoms with E-state index in [9.17, 15) is 4.39 Å². The molecule has 0 amide bonds. The lowest BCUT2D eigenvalue weighted by Crippen LogP contribution is -2.05. The number of benzene rings is 1. The maximum absolute atomic E-state index is 13.8. The van der Waals surface area contributed by atoms with Crippen LogP contribution in [0, 0.1) is 15.3 Å². The molecular formula is C14H15ClFIN2. The first kappa shape index (κ1) is 13.6. The van der Waals surface area contributed by atoms with E-state index in [1.54, 1.807) is 12.1 Å². The van der Waals surface area contributed by atoms with E-state index in [1.807, 2.05) is 29.5 Å². The van der Waals surface area contributed by atoms with Gasteiger partial charge in [-0.2, -0.15) is 0 Å². The van der Waals surface area contributed by atoms with Gasteiger partial charge in [0.15, 0.2) is 0 Å². The molecule has 0 spiro atoms. The van der Waals surface area contributed by atoms with Gasteiger partial charge in [-0.25, -0.2) is 9.37 Å². The number of halogens is 3. The average Bonchev–Trinajstić information content (AvgIpc) is 3.11. The monoisotopic (exact) mass is 392 g/mol. The van der Waals surface area contributed by atoms with E-state index >= 15 is 0 Å². The Labute approximate surface area is 130 Å². The Kier molecular flexibility index (Phi) is 3.73. The fourth-order valence-corrected chi connectivity index (χ4v) is 3.01. The van der Waals surface area contributed by atoms with Crippen LogP contribution in [0.5, 0.6) is 0 Å². The molecule has 1 atom stereocenters. The molecule has 1 unspecified atom stereocenters. The first-order valence-corrected chi connectivity index (χ1v) is 8.07. The third-order valence-corrected chi connectivity index (χ3v) is 4.66. The molecule has 1 aliphatic carbocycles. The lowest BCUT2D eigenvalue weighted by molar-refractivity contribution is 0.582. The molecule has 2 aromatic rings. The Hall–Kier alpha value is -0.360. The zero-order valence-electron chi connectivity index (χ0n) is 10.7. The SMILES string of the molecule is CC(Cl)c1nc2cc(I)c(F)cc2n1CCC1CC1. The largest absolute Gasteiger partial charge is 0.327 e. The summed E-state index contributed by atoms with van der Waals surface area (Å²) in [4.78, 5) is 4.57. The van der Waals surface area contributed by atoms with Gasteiger partial charge in [-0.15, -0.1) is 11.6 Å². The zero-order valence-corrected chi connectivity index (χ0v) is 13.6. The molecule has 0 radical (unpaired) electrons. The van der Waals surface area contributed by atoms with Gasteiger partial charge in [0.2, 0.25) is 0 Å². The summed E-state index contributed by atoms with van der Waals surface area (Å²) in [6.45, 7) is 2.80. The lowest BCUT2D eigenvalue weighted by atomic mass is 10.2. The Morgan fingerprint density at radius 1 is 1.53 bits per heavy atom. The van der Waals surface area contributed by atoms with Crippen LogP contribution in [-0.4, -0.2) is 9.55 Å². The molecule has 19 heavy (non-hydrogen) atoms. The Bertz CT molecular complexity index is 619. The normalized spacial score (nSPS) is 17.1. The van der Waals surface area contributed by atoms with Gasteiger partial charge in [0.1, 0.15) is 11.6 Å². The molecule has 1 aromatic carbocycles. The Morgan fingerprint density at radius 2 is 2.26 bits per heavy atom. The molecule has 5 heteroatoms. The Morgan fingerprint density at radius 3 is 2.89 bits per heavy atom. The zero-order chi connectivity index (χ0) is 13.6. The number of hydrogen-bond donors (Lipinski definition) is 0. The van der Waals surface area contributed by atoms with Crippen LogP contribution in [0.3, 0.4) is 0 Å². The van der Waals surface area contributed by atoms with Crippen molar-refractivity contribution in [1.82, 2.24) is 9.55 Å². The highest BCUT2D eigenvalue weighted by atomic mass is 127. The minimum Gasteiger partial charge on any atom is -0.327 e. The molecule has 2 nitrogen and oxygen atoms in total. The summed E-state index contributed by atoms with van der Waals surface area (Å²) in [5, 5.41) is -0.160. The molecule has 1 aliphatic rings. The predicted octanol–water partition coefficient (Wildman–Crippen LogP) is 4.88. The molecule has 0 saturated heterocycles. The molecule has 1 heterocycles. The number of rotatable bonds is 4. The first-order chi connectivity index (χ1) is 9.06.